The van der Waals surface area contributed by atoms with E-state index in [9.17, 15) is 9.90 Å². The second-order valence-electron chi connectivity index (χ2n) is 9.33. The van der Waals surface area contributed by atoms with Gasteiger partial charge in [0.2, 0.25) is 0 Å². The smallest absolute Gasteiger partial charge is 0.341 e. The number of nitrogens with zero attached hydrogens (tertiary/aromatic N) is 3. The monoisotopic (exact) mass is 523 g/mol. The van der Waals surface area contributed by atoms with Crippen LogP contribution in [0.25, 0.3) is 10.9 Å². The fourth-order valence-corrected chi connectivity index (χ4v) is 4.44. The molecule has 0 spiro atoms. The van der Waals surface area contributed by atoms with Crippen LogP contribution in [0.5, 0.6) is 11.5 Å². The summed E-state index contributed by atoms with van der Waals surface area (Å²) in [4.78, 5) is 22.3. The Kier molecular flexibility index (Phi) is 9.94. The molecule has 4 rings (SSSR count). The second kappa shape index (κ2) is 13.8. The normalized spacial score (nSPS) is 14.3. The van der Waals surface area contributed by atoms with Crippen LogP contribution < -0.4 is 25.4 Å². The van der Waals surface area contributed by atoms with Gasteiger partial charge >= 0.3 is 5.97 Å². The fourth-order valence-electron chi connectivity index (χ4n) is 4.44. The summed E-state index contributed by atoms with van der Waals surface area (Å²) in [6, 6.07) is 11.8. The average molecular weight is 524 g/mol. The Balaban J connectivity index is 1.54. The van der Waals surface area contributed by atoms with Crippen molar-refractivity contribution in [3.8, 4) is 11.5 Å². The third kappa shape index (κ3) is 7.45. The highest BCUT2D eigenvalue weighted by molar-refractivity contribution is 5.96. The van der Waals surface area contributed by atoms with E-state index in [1.807, 2.05) is 30.3 Å². The standard InChI is InChI=1S/C28H37N5O5/c1-20(21-7-6-8-23(15-21)37-12-5-3-2-4-9-29)32-28-24-16-22(33-10-13-36-14-11-33)17-25(38-18-26(34)35)27(24)30-19-31-28/h6-8,15-17,19-20H,2-5,9-14,18,29H2,1H3,(H,34,35)(H,30,31,32)/t20-/m1/s1. The Morgan fingerprint density at radius 2 is 1.95 bits per heavy atom. The lowest BCUT2D eigenvalue weighted by atomic mass is 10.1. The summed E-state index contributed by atoms with van der Waals surface area (Å²) < 4.78 is 17.1. The molecule has 204 valence electrons. The molecule has 2 aromatic carbocycles. The molecule has 0 saturated carbocycles. The highest BCUT2D eigenvalue weighted by Crippen LogP contribution is 2.35. The summed E-state index contributed by atoms with van der Waals surface area (Å²) in [5.41, 5.74) is 8.08. The molecule has 1 aromatic heterocycles. The number of nitrogens with one attached hydrogen (secondary N) is 1. The number of aliphatic carboxylic acids is 1. The van der Waals surface area contributed by atoms with Crippen LogP contribution in [0.2, 0.25) is 0 Å². The molecule has 3 aromatic rings. The van der Waals surface area contributed by atoms with Crippen LogP contribution in [0, 0.1) is 0 Å². The minimum absolute atomic E-state index is 0.0726. The zero-order valence-electron chi connectivity index (χ0n) is 21.9. The molecule has 38 heavy (non-hydrogen) atoms. The summed E-state index contributed by atoms with van der Waals surface area (Å²) in [5.74, 6) is 0.838. The van der Waals surface area contributed by atoms with Gasteiger partial charge in [0.25, 0.3) is 0 Å². The van der Waals surface area contributed by atoms with E-state index in [1.165, 1.54) is 6.33 Å². The first-order valence-electron chi connectivity index (χ1n) is 13.2. The van der Waals surface area contributed by atoms with Crippen molar-refractivity contribution in [1.82, 2.24) is 9.97 Å². The first-order chi connectivity index (χ1) is 18.5. The molecule has 10 heteroatoms. The average Bonchev–Trinajstić information content (AvgIpc) is 2.94. The Labute approximate surface area is 223 Å². The van der Waals surface area contributed by atoms with Gasteiger partial charge in [0.1, 0.15) is 29.2 Å². The number of hydrogen-bond acceptors (Lipinski definition) is 9. The Morgan fingerprint density at radius 1 is 1.13 bits per heavy atom. The Hall–Kier alpha value is -3.63. The summed E-state index contributed by atoms with van der Waals surface area (Å²) in [5, 5.41) is 13.4. The number of carboxylic acid groups (broad SMARTS) is 1. The SMILES string of the molecule is C[C@@H](Nc1ncnc2c(OCC(=O)O)cc(N3CCOCC3)cc12)c1cccc(OCCCCCCN)c1. The predicted octanol–water partition coefficient (Wildman–Crippen LogP) is 4.00. The number of fused-ring (bicyclic) bond motifs is 1. The van der Waals surface area contributed by atoms with E-state index in [4.69, 9.17) is 19.9 Å². The number of morpholine rings is 1. The van der Waals surface area contributed by atoms with Crippen LogP contribution in [-0.2, 0) is 9.53 Å². The van der Waals surface area contributed by atoms with Crippen LogP contribution in [-0.4, -0.2) is 67.1 Å². The third-order valence-electron chi connectivity index (χ3n) is 6.49. The van der Waals surface area contributed by atoms with Gasteiger partial charge in [-0.1, -0.05) is 25.0 Å². The summed E-state index contributed by atoms with van der Waals surface area (Å²) >= 11 is 0. The third-order valence-corrected chi connectivity index (χ3v) is 6.49. The van der Waals surface area contributed by atoms with Gasteiger partial charge in [-0.05, 0) is 50.1 Å². The van der Waals surface area contributed by atoms with Gasteiger partial charge in [-0.2, -0.15) is 0 Å². The van der Waals surface area contributed by atoms with Gasteiger partial charge in [0.05, 0.1) is 25.9 Å². The van der Waals surface area contributed by atoms with Crippen molar-refractivity contribution in [2.45, 2.75) is 38.6 Å². The molecular weight excluding hydrogens is 486 g/mol. The van der Waals surface area contributed by atoms with Gasteiger partial charge in [0, 0.05) is 30.2 Å². The molecule has 1 fully saturated rings. The molecule has 1 saturated heterocycles. The number of ether oxygens (including phenoxy) is 3. The molecule has 10 nitrogen and oxygen atoms in total. The molecule has 1 aliphatic heterocycles. The lowest BCUT2D eigenvalue weighted by molar-refractivity contribution is -0.139. The molecule has 0 aliphatic carbocycles. The number of nitrogens with two attached hydrogens (primary N) is 1. The zero-order valence-corrected chi connectivity index (χ0v) is 21.9. The molecular formula is C28H37N5O5. The maximum atomic E-state index is 11.2. The topological polar surface area (TPSA) is 132 Å². The minimum Gasteiger partial charge on any atom is -0.494 e. The molecule has 1 atom stereocenters. The van der Waals surface area contributed by atoms with E-state index in [0.29, 0.717) is 36.9 Å². The minimum atomic E-state index is -1.05. The predicted molar refractivity (Wildman–Crippen MR) is 147 cm³/mol. The van der Waals surface area contributed by atoms with Crippen LogP contribution in [0.4, 0.5) is 11.5 Å². The molecule has 2 heterocycles. The fraction of sp³-hybridized carbons (Fsp3) is 0.464. The number of unbranched alkanes of at least 4 members (excludes halogenated alkanes) is 3. The van der Waals surface area contributed by atoms with E-state index < -0.39 is 12.6 Å². The summed E-state index contributed by atoms with van der Waals surface area (Å²) in [6.07, 6.45) is 5.76. The molecule has 0 radical (unpaired) electrons. The van der Waals surface area contributed by atoms with Crippen LogP contribution in [0.3, 0.4) is 0 Å². The highest BCUT2D eigenvalue weighted by atomic mass is 16.5. The van der Waals surface area contributed by atoms with Crippen molar-refractivity contribution in [3.63, 3.8) is 0 Å². The van der Waals surface area contributed by atoms with Crippen molar-refractivity contribution in [2.24, 2.45) is 5.73 Å². The van der Waals surface area contributed by atoms with Crippen LogP contribution in [0.1, 0.15) is 44.2 Å². The van der Waals surface area contributed by atoms with Crippen molar-refractivity contribution in [3.05, 3.63) is 48.3 Å². The van der Waals surface area contributed by atoms with Crippen molar-refractivity contribution < 1.29 is 24.1 Å². The van der Waals surface area contributed by atoms with Gasteiger partial charge < -0.3 is 35.3 Å². The van der Waals surface area contributed by atoms with Crippen LogP contribution >= 0.6 is 0 Å². The van der Waals surface area contributed by atoms with Crippen molar-refractivity contribution >= 4 is 28.4 Å². The number of rotatable bonds is 14. The van der Waals surface area contributed by atoms with Gasteiger partial charge in [-0.15, -0.1) is 0 Å². The number of hydrogen-bond donors (Lipinski definition) is 3. The lowest BCUT2D eigenvalue weighted by Crippen LogP contribution is -2.36. The maximum Gasteiger partial charge on any atom is 0.341 e. The Bertz CT molecular complexity index is 1200. The highest BCUT2D eigenvalue weighted by Gasteiger charge is 2.19. The maximum absolute atomic E-state index is 11.2. The number of aromatic nitrogens is 2. The number of carboxylic acids is 1. The Morgan fingerprint density at radius 3 is 2.74 bits per heavy atom. The first-order valence-corrected chi connectivity index (χ1v) is 13.2. The second-order valence-corrected chi connectivity index (χ2v) is 9.33. The van der Waals surface area contributed by atoms with E-state index in [1.54, 1.807) is 0 Å². The van der Waals surface area contributed by atoms with E-state index in [2.05, 4.69) is 33.2 Å². The van der Waals surface area contributed by atoms with Gasteiger partial charge in [-0.25, -0.2) is 14.8 Å². The van der Waals surface area contributed by atoms with Crippen LogP contribution in [0.15, 0.2) is 42.7 Å². The summed E-state index contributed by atoms with van der Waals surface area (Å²) in [6.45, 7) is 5.74. The van der Waals surface area contributed by atoms with Crippen molar-refractivity contribution in [1.29, 1.82) is 0 Å². The molecule has 4 N–H and O–H groups in total. The van der Waals surface area contributed by atoms with Crippen molar-refractivity contribution in [2.75, 3.05) is 56.3 Å². The largest absolute Gasteiger partial charge is 0.494 e. The molecule has 0 unspecified atom stereocenters. The zero-order chi connectivity index (χ0) is 26.7. The number of benzene rings is 2. The molecule has 0 bridgehead atoms. The number of anilines is 2. The first kappa shape index (κ1) is 27.4. The number of carbonyl (C=O) groups is 1. The summed E-state index contributed by atoms with van der Waals surface area (Å²) in [7, 11) is 0. The molecule has 0 amide bonds. The van der Waals surface area contributed by atoms with Gasteiger partial charge in [0.15, 0.2) is 6.61 Å². The lowest BCUT2D eigenvalue weighted by Gasteiger charge is -2.29. The van der Waals surface area contributed by atoms with Gasteiger partial charge in [-0.3, -0.25) is 0 Å². The quantitative estimate of drug-likeness (QED) is 0.266. The van der Waals surface area contributed by atoms with E-state index in [0.717, 1.165) is 67.7 Å². The van der Waals surface area contributed by atoms with E-state index in [-0.39, 0.29) is 6.04 Å². The van der Waals surface area contributed by atoms with E-state index >= 15 is 0 Å². The molecule has 1 aliphatic rings.